The SMILES string of the molecule is CCN(CC(N)=O)S(=O)(=O)c1cc(CN)ccc1C. The molecule has 0 fully saturated rings. The van der Waals surface area contributed by atoms with Crippen LogP contribution in [0, 0.1) is 6.92 Å². The van der Waals surface area contributed by atoms with Gasteiger partial charge in [0.2, 0.25) is 15.9 Å². The van der Waals surface area contributed by atoms with Gasteiger partial charge in [-0.1, -0.05) is 19.1 Å². The molecule has 0 aliphatic rings. The fraction of sp³-hybridized carbons (Fsp3) is 0.417. The van der Waals surface area contributed by atoms with Crippen LogP contribution in [0.5, 0.6) is 0 Å². The predicted octanol–water partition coefficient (Wildman–Crippen LogP) is -0.0504. The van der Waals surface area contributed by atoms with E-state index in [1.807, 2.05) is 0 Å². The number of aryl methyl sites for hydroxylation is 1. The summed E-state index contributed by atoms with van der Waals surface area (Å²) in [5, 5.41) is 0. The Balaban J connectivity index is 3.28. The monoisotopic (exact) mass is 285 g/mol. The molecule has 0 saturated carbocycles. The molecule has 0 bridgehead atoms. The van der Waals surface area contributed by atoms with Crippen LogP contribution in [0.25, 0.3) is 0 Å². The highest BCUT2D eigenvalue weighted by Gasteiger charge is 2.26. The van der Waals surface area contributed by atoms with E-state index in [9.17, 15) is 13.2 Å². The third-order valence-corrected chi connectivity index (χ3v) is 4.85. The van der Waals surface area contributed by atoms with Gasteiger partial charge in [0.25, 0.3) is 0 Å². The summed E-state index contributed by atoms with van der Waals surface area (Å²) in [6.45, 7) is 3.46. The van der Waals surface area contributed by atoms with Crippen LogP contribution in [0.4, 0.5) is 0 Å². The molecule has 106 valence electrons. The number of nitrogens with zero attached hydrogens (tertiary/aromatic N) is 1. The molecule has 0 radical (unpaired) electrons. The summed E-state index contributed by atoms with van der Waals surface area (Å²) in [6, 6.07) is 5.01. The fourth-order valence-corrected chi connectivity index (χ4v) is 3.42. The van der Waals surface area contributed by atoms with Crippen molar-refractivity contribution in [3.05, 3.63) is 29.3 Å². The molecular formula is C12H19N3O3S. The Bertz CT molecular complexity index is 570. The predicted molar refractivity (Wildman–Crippen MR) is 72.7 cm³/mol. The van der Waals surface area contributed by atoms with E-state index in [0.717, 1.165) is 9.87 Å². The largest absolute Gasteiger partial charge is 0.369 e. The van der Waals surface area contributed by atoms with Crippen molar-refractivity contribution in [3.63, 3.8) is 0 Å². The van der Waals surface area contributed by atoms with Gasteiger partial charge in [-0.15, -0.1) is 0 Å². The first-order chi connectivity index (χ1) is 8.82. The van der Waals surface area contributed by atoms with E-state index in [1.54, 1.807) is 26.0 Å². The third-order valence-electron chi connectivity index (χ3n) is 2.79. The standard InChI is InChI=1S/C12H19N3O3S/c1-3-15(8-12(14)16)19(17,18)11-6-10(7-13)5-4-9(11)2/h4-6H,3,7-8,13H2,1-2H3,(H2,14,16). The molecule has 4 N–H and O–H groups in total. The van der Waals surface area contributed by atoms with Crippen LogP contribution >= 0.6 is 0 Å². The highest BCUT2D eigenvalue weighted by molar-refractivity contribution is 7.89. The van der Waals surface area contributed by atoms with Gasteiger partial charge in [0.15, 0.2) is 0 Å². The summed E-state index contributed by atoms with van der Waals surface area (Å²) in [5.74, 6) is -0.682. The number of hydrogen-bond donors (Lipinski definition) is 2. The lowest BCUT2D eigenvalue weighted by Crippen LogP contribution is -2.38. The zero-order chi connectivity index (χ0) is 14.6. The molecule has 1 amide bonds. The van der Waals surface area contributed by atoms with Crippen molar-refractivity contribution in [1.29, 1.82) is 0 Å². The van der Waals surface area contributed by atoms with Crippen molar-refractivity contribution >= 4 is 15.9 Å². The van der Waals surface area contributed by atoms with E-state index in [2.05, 4.69) is 0 Å². The number of likely N-dealkylation sites (N-methyl/N-ethyl adjacent to an activating group) is 1. The Morgan fingerprint density at radius 1 is 1.37 bits per heavy atom. The van der Waals surface area contributed by atoms with Crippen LogP contribution in [0.3, 0.4) is 0 Å². The Morgan fingerprint density at radius 3 is 2.47 bits per heavy atom. The van der Waals surface area contributed by atoms with E-state index in [-0.39, 0.29) is 24.5 Å². The summed E-state index contributed by atoms with van der Waals surface area (Å²) >= 11 is 0. The lowest BCUT2D eigenvalue weighted by atomic mass is 10.1. The second kappa shape index (κ2) is 6.14. The second-order valence-electron chi connectivity index (χ2n) is 4.20. The Hall–Kier alpha value is -1.44. The van der Waals surface area contributed by atoms with E-state index in [4.69, 9.17) is 11.5 Å². The van der Waals surface area contributed by atoms with Crippen LogP contribution < -0.4 is 11.5 Å². The summed E-state index contributed by atoms with van der Waals surface area (Å²) in [4.78, 5) is 11.1. The molecule has 19 heavy (non-hydrogen) atoms. The van der Waals surface area contributed by atoms with Crippen molar-refractivity contribution in [1.82, 2.24) is 4.31 Å². The number of hydrogen-bond acceptors (Lipinski definition) is 4. The highest BCUT2D eigenvalue weighted by atomic mass is 32.2. The molecular weight excluding hydrogens is 266 g/mol. The Morgan fingerprint density at radius 2 is 2.00 bits per heavy atom. The van der Waals surface area contributed by atoms with Gasteiger partial charge in [0.05, 0.1) is 11.4 Å². The number of nitrogens with two attached hydrogens (primary N) is 2. The van der Waals surface area contributed by atoms with Crippen LogP contribution in [0.2, 0.25) is 0 Å². The number of amides is 1. The molecule has 0 aliphatic carbocycles. The van der Waals surface area contributed by atoms with Crippen LogP contribution in [0.15, 0.2) is 23.1 Å². The van der Waals surface area contributed by atoms with Gasteiger partial charge in [-0.2, -0.15) is 4.31 Å². The summed E-state index contributed by atoms with van der Waals surface area (Å²) < 4.78 is 26.0. The van der Waals surface area contributed by atoms with Gasteiger partial charge in [-0.05, 0) is 24.1 Å². The zero-order valence-corrected chi connectivity index (χ0v) is 11.9. The first-order valence-corrected chi connectivity index (χ1v) is 7.35. The van der Waals surface area contributed by atoms with Crippen molar-refractivity contribution in [2.75, 3.05) is 13.1 Å². The number of benzene rings is 1. The maximum Gasteiger partial charge on any atom is 0.243 e. The van der Waals surface area contributed by atoms with Crippen molar-refractivity contribution in [2.45, 2.75) is 25.3 Å². The molecule has 1 aromatic rings. The number of carbonyl (C=O) groups is 1. The lowest BCUT2D eigenvalue weighted by Gasteiger charge is -2.20. The first-order valence-electron chi connectivity index (χ1n) is 5.91. The molecule has 7 heteroatoms. The smallest absolute Gasteiger partial charge is 0.243 e. The van der Waals surface area contributed by atoms with Gasteiger partial charge in [0.1, 0.15) is 0 Å². The van der Waals surface area contributed by atoms with E-state index >= 15 is 0 Å². The lowest BCUT2D eigenvalue weighted by molar-refractivity contribution is -0.118. The van der Waals surface area contributed by atoms with E-state index < -0.39 is 15.9 Å². The molecule has 1 rings (SSSR count). The molecule has 0 saturated heterocycles. The van der Waals surface area contributed by atoms with Gasteiger partial charge in [0, 0.05) is 13.1 Å². The van der Waals surface area contributed by atoms with Crippen LogP contribution in [0.1, 0.15) is 18.1 Å². The number of carbonyl (C=O) groups excluding carboxylic acids is 1. The Kier molecular flexibility index (Phi) is 5.04. The fourth-order valence-electron chi connectivity index (χ4n) is 1.73. The molecule has 6 nitrogen and oxygen atoms in total. The van der Waals surface area contributed by atoms with E-state index in [1.165, 1.54) is 6.07 Å². The maximum absolute atomic E-state index is 12.5. The summed E-state index contributed by atoms with van der Waals surface area (Å²) in [7, 11) is -3.73. The number of primary amides is 1. The van der Waals surface area contributed by atoms with Crippen LogP contribution in [-0.2, 0) is 21.4 Å². The van der Waals surface area contributed by atoms with Gasteiger partial charge < -0.3 is 11.5 Å². The minimum Gasteiger partial charge on any atom is -0.369 e. The summed E-state index contributed by atoms with van der Waals surface area (Å²) in [5.41, 5.74) is 11.9. The van der Waals surface area contributed by atoms with E-state index in [0.29, 0.717) is 5.56 Å². The van der Waals surface area contributed by atoms with Crippen molar-refractivity contribution in [2.24, 2.45) is 11.5 Å². The minimum absolute atomic E-state index is 0.165. The average molecular weight is 285 g/mol. The molecule has 1 aromatic carbocycles. The molecule has 0 atom stereocenters. The van der Waals surface area contributed by atoms with Gasteiger partial charge >= 0.3 is 0 Å². The molecule has 0 spiro atoms. The second-order valence-corrected chi connectivity index (χ2v) is 6.11. The normalized spacial score (nSPS) is 11.8. The van der Waals surface area contributed by atoms with Gasteiger partial charge in [-0.3, -0.25) is 4.79 Å². The molecule has 0 unspecified atom stereocenters. The quantitative estimate of drug-likeness (QED) is 0.764. The molecule has 0 heterocycles. The van der Waals surface area contributed by atoms with Crippen LogP contribution in [-0.4, -0.2) is 31.7 Å². The topological polar surface area (TPSA) is 106 Å². The maximum atomic E-state index is 12.5. The molecule has 0 aliphatic heterocycles. The number of rotatable bonds is 6. The first kappa shape index (κ1) is 15.6. The average Bonchev–Trinajstić information content (AvgIpc) is 2.35. The zero-order valence-electron chi connectivity index (χ0n) is 11.1. The molecule has 0 aromatic heterocycles. The minimum atomic E-state index is -3.73. The van der Waals surface area contributed by atoms with Crippen molar-refractivity contribution in [3.8, 4) is 0 Å². The number of sulfonamides is 1. The Labute approximate surface area is 113 Å². The third kappa shape index (κ3) is 3.52. The van der Waals surface area contributed by atoms with Crippen molar-refractivity contribution < 1.29 is 13.2 Å². The van der Waals surface area contributed by atoms with Gasteiger partial charge in [-0.25, -0.2) is 8.42 Å². The highest BCUT2D eigenvalue weighted by Crippen LogP contribution is 2.21. The summed E-state index contributed by atoms with van der Waals surface area (Å²) in [6.07, 6.45) is 0.